The van der Waals surface area contributed by atoms with Crippen molar-refractivity contribution in [2.75, 3.05) is 18.8 Å². The summed E-state index contributed by atoms with van der Waals surface area (Å²) in [6.07, 6.45) is 5.70. The molecule has 2 atom stereocenters. The first-order chi connectivity index (χ1) is 12.6. The summed E-state index contributed by atoms with van der Waals surface area (Å²) in [5, 5.41) is 15.9. The molecule has 0 amide bonds. The molecule has 1 unspecified atom stereocenters. The highest BCUT2D eigenvalue weighted by Gasteiger charge is 2.35. The Morgan fingerprint density at radius 3 is 2.69 bits per heavy atom. The number of nitrogens with zero attached hydrogens (tertiary/aromatic N) is 2. The second-order valence-electron chi connectivity index (χ2n) is 6.72. The molecule has 2 fully saturated rings. The van der Waals surface area contributed by atoms with Gasteiger partial charge in [0.2, 0.25) is 0 Å². The van der Waals surface area contributed by atoms with Crippen molar-refractivity contribution in [1.82, 2.24) is 9.88 Å². The number of anilines is 1. The number of fused-ring (bicyclic) bond motifs is 2. The van der Waals surface area contributed by atoms with Crippen LogP contribution in [0.25, 0.3) is 0 Å². The van der Waals surface area contributed by atoms with Crippen molar-refractivity contribution >= 4 is 23.6 Å². The maximum absolute atomic E-state index is 8.46. The Hall–Kier alpha value is -2.93. The van der Waals surface area contributed by atoms with Gasteiger partial charge in [-0.3, -0.25) is 5.41 Å². The molecule has 7 nitrogen and oxygen atoms in total. The first-order valence-electron chi connectivity index (χ1n) is 8.76. The summed E-state index contributed by atoms with van der Waals surface area (Å²) in [5.74, 6) is 0.907. The number of nitrogen functional groups attached to an aromatic ring is 1. The zero-order chi connectivity index (χ0) is 18.1. The third kappa shape index (κ3) is 3.13. The summed E-state index contributed by atoms with van der Waals surface area (Å²) in [4.78, 5) is 10.1. The highest BCUT2D eigenvalue weighted by atomic mass is 16.5. The highest BCUT2D eigenvalue weighted by Crippen LogP contribution is 2.27. The average Bonchev–Trinajstić information content (AvgIpc) is 3.29. The number of hydrogen-bond donors (Lipinski definition) is 4. The van der Waals surface area contributed by atoms with E-state index in [1.54, 1.807) is 18.2 Å². The molecular weight excluding hydrogens is 328 g/mol. The van der Waals surface area contributed by atoms with Crippen LogP contribution in [-0.4, -0.2) is 53.1 Å². The quantitative estimate of drug-likeness (QED) is 0.386. The van der Waals surface area contributed by atoms with Gasteiger partial charge < -0.3 is 25.8 Å². The van der Waals surface area contributed by atoms with Crippen LogP contribution in [0.1, 0.15) is 29.7 Å². The van der Waals surface area contributed by atoms with E-state index in [2.05, 4.69) is 14.9 Å². The molecule has 3 heterocycles. The van der Waals surface area contributed by atoms with Crippen LogP contribution in [0.4, 0.5) is 5.69 Å². The third-order valence-corrected chi connectivity index (χ3v) is 4.92. The van der Waals surface area contributed by atoms with Crippen LogP contribution in [0, 0.1) is 10.8 Å². The van der Waals surface area contributed by atoms with Crippen molar-refractivity contribution in [3.63, 3.8) is 0 Å². The van der Waals surface area contributed by atoms with Gasteiger partial charge >= 0.3 is 0 Å². The molecule has 2 bridgehead atoms. The van der Waals surface area contributed by atoms with Gasteiger partial charge in [0.15, 0.2) is 11.7 Å². The number of ether oxygens (including phenoxy) is 1. The number of nitrogens with one attached hydrogen (secondary N) is 3. The Labute approximate surface area is 151 Å². The van der Waals surface area contributed by atoms with Crippen LogP contribution >= 0.6 is 0 Å². The van der Waals surface area contributed by atoms with E-state index >= 15 is 0 Å². The summed E-state index contributed by atoms with van der Waals surface area (Å²) in [7, 11) is 0. The van der Waals surface area contributed by atoms with E-state index in [0.29, 0.717) is 16.8 Å². The van der Waals surface area contributed by atoms with E-state index < -0.39 is 0 Å². The van der Waals surface area contributed by atoms with E-state index in [1.807, 2.05) is 18.3 Å². The smallest absolute Gasteiger partial charge is 0.155 e. The van der Waals surface area contributed by atoms with Crippen molar-refractivity contribution in [3.05, 3.63) is 53.3 Å². The van der Waals surface area contributed by atoms with Gasteiger partial charge in [-0.2, -0.15) is 0 Å². The molecule has 2 saturated heterocycles. The average molecular weight is 350 g/mol. The molecule has 2 aliphatic rings. The topological polar surface area (TPSA) is 114 Å². The summed E-state index contributed by atoms with van der Waals surface area (Å²) in [6, 6.07) is 9.10. The van der Waals surface area contributed by atoms with E-state index in [9.17, 15) is 0 Å². The van der Waals surface area contributed by atoms with Gasteiger partial charge in [-0.25, -0.2) is 4.99 Å². The van der Waals surface area contributed by atoms with Gasteiger partial charge in [0.1, 0.15) is 0 Å². The van der Waals surface area contributed by atoms with E-state index in [-0.39, 0.29) is 18.0 Å². The Morgan fingerprint density at radius 1 is 1.27 bits per heavy atom. The Kier molecular flexibility index (Phi) is 4.30. The number of hydrogen-bond acceptors (Lipinski definition) is 4. The molecule has 134 valence electrons. The minimum absolute atomic E-state index is 0.150. The number of nitrogens with two attached hydrogens (primary N) is 1. The van der Waals surface area contributed by atoms with Crippen LogP contribution in [-0.2, 0) is 4.74 Å². The second-order valence-corrected chi connectivity index (χ2v) is 6.72. The van der Waals surface area contributed by atoms with Crippen molar-refractivity contribution in [1.29, 1.82) is 10.8 Å². The predicted molar refractivity (Wildman–Crippen MR) is 102 cm³/mol. The molecule has 4 rings (SSSR count). The zero-order valence-corrected chi connectivity index (χ0v) is 14.4. The number of benzene rings is 1. The monoisotopic (exact) mass is 350 g/mol. The van der Waals surface area contributed by atoms with Gasteiger partial charge in [-0.15, -0.1) is 0 Å². The van der Waals surface area contributed by atoms with Crippen LogP contribution in [0.2, 0.25) is 0 Å². The molecule has 26 heavy (non-hydrogen) atoms. The summed E-state index contributed by atoms with van der Waals surface area (Å²) < 4.78 is 5.93. The summed E-state index contributed by atoms with van der Waals surface area (Å²) >= 11 is 0. The normalized spacial score (nSPS) is 22.5. The molecule has 2 aromatic rings. The lowest BCUT2D eigenvalue weighted by molar-refractivity contribution is -0.0155. The van der Waals surface area contributed by atoms with Gasteiger partial charge in [-0.1, -0.05) is 0 Å². The molecule has 7 heteroatoms. The minimum atomic E-state index is 0.150. The van der Waals surface area contributed by atoms with Crippen molar-refractivity contribution in [2.24, 2.45) is 4.99 Å². The number of H-pyrrole nitrogens is 1. The lowest BCUT2D eigenvalue weighted by Crippen LogP contribution is -2.46. The number of rotatable bonds is 3. The van der Waals surface area contributed by atoms with Crippen molar-refractivity contribution in [2.45, 2.75) is 25.0 Å². The van der Waals surface area contributed by atoms with Crippen LogP contribution in [0.3, 0.4) is 0 Å². The number of morpholine rings is 1. The number of aliphatic imine (C=N–C) groups is 1. The fraction of sp³-hybridized carbons (Fsp3) is 0.316. The lowest BCUT2D eigenvalue weighted by atomic mass is 10.1. The van der Waals surface area contributed by atoms with Crippen LogP contribution in [0.5, 0.6) is 0 Å². The lowest BCUT2D eigenvalue weighted by Gasteiger charge is -2.34. The molecule has 2 aliphatic heterocycles. The summed E-state index contributed by atoms with van der Waals surface area (Å²) in [6.45, 7) is 1.57. The molecule has 0 spiro atoms. The fourth-order valence-corrected chi connectivity index (χ4v) is 3.58. The number of aromatic nitrogens is 1. The molecule has 5 N–H and O–H groups in total. The van der Waals surface area contributed by atoms with E-state index in [4.69, 9.17) is 21.3 Å². The van der Waals surface area contributed by atoms with Gasteiger partial charge in [0.25, 0.3) is 0 Å². The SMILES string of the molecule is N=Cc1cc(C(=N)N=C(c2ccc[nH]2)N2CC3CC[C@H](C2)O3)ccc1N. The molecule has 1 aromatic carbocycles. The largest absolute Gasteiger partial charge is 0.398 e. The van der Waals surface area contributed by atoms with Gasteiger partial charge in [0.05, 0.1) is 17.9 Å². The second kappa shape index (κ2) is 6.76. The molecule has 0 aliphatic carbocycles. The number of likely N-dealkylation sites (tertiary alicyclic amines) is 1. The maximum Gasteiger partial charge on any atom is 0.155 e. The van der Waals surface area contributed by atoms with Crippen molar-refractivity contribution in [3.8, 4) is 0 Å². The highest BCUT2D eigenvalue weighted by molar-refractivity contribution is 6.10. The molecule has 0 saturated carbocycles. The van der Waals surface area contributed by atoms with E-state index in [0.717, 1.165) is 37.5 Å². The predicted octanol–water partition coefficient (Wildman–Crippen LogP) is 2.23. The first kappa shape index (κ1) is 16.5. The van der Waals surface area contributed by atoms with Crippen LogP contribution in [0.15, 0.2) is 41.5 Å². The summed E-state index contributed by atoms with van der Waals surface area (Å²) in [5.41, 5.74) is 8.49. The maximum atomic E-state index is 8.46. The van der Waals surface area contributed by atoms with E-state index in [1.165, 1.54) is 6.21 Å². The standard InChI is InChI=1S/C19H22N6O/c20-9-13-8-12(3-6-16(13)21)18(22)24-19(17-2-1-7-23-17)25-10-14-4-5-15(11-25)26-14/h1-3,6-9,14-15,20,22-23H,4-5,10-11,21H2/t14-,15?/m1/s1. The molecular formula is C19H22N6O. The third-order valence-electron chi connectivity index (χ3n) is 4.92. The first-order valence-corrected chi connectivity index (χ1v) is 8.76. The molecule has 1 aromatic heterocycles. The Morgan fingerprint density at radius 2 is 2.04 bits per heavy atom. The fourth-order valence-electron chi connectivity index (χ4n) is 3.58. The Balaban J connectivity index is 1.67. The Bertz CT molecular complexity index is 845. The number of aromatic amines is 1. The minimum Gasteiger partial charge on any atom is -0.398 e. The zero-order valence-electron chi connectivity index (χ0n) is 14.4. The number of amidine groups is 2. The van der Waals surface area contributed by atoms with Gasteiger partial charge in [-0.05, 0) is 43.2 Å². The van der Waals surface area contributed by atoms with Crippen molar-refractivity contribution < 1.29 is 4.74 Å². The van der Waals surface area contributed by atoms with Crippen LogP contribution < -0.4 is 5.73 Å². The molecule has 0 radical (unpaired) electrons. The van der Waals surface area contributed by atoms with Gasteiger partial charge in [0, 0.05) is 42.3 Å².